The standard InChI is InChI=1S/C24H32O3S/c1-8-27-22(26)18(12-11-17-10-9-13-28-17)16-14-19(23(2,3)4)21(25)20(15-16)24(5,6)7/h9-15,18,25H,8H2,1-7H3/b12-11+/t18-/m0/s1. The lowest BCUT2D eigenvalue weighted by Gasteiger charge is -2.29. The number of esters is 1. The van der Waals surface area contributed by atoms with Crippen LogP contribution in [0.4, 0.5) is 0 Å². The Kier molecular flexibility index (Phi) is 6.76. The predicted molar refractivity (Wildman–Crippen MR) is 118 cm³/mol. The van der Waals surface area contributed by atoms with Crippen molar-refractivity contribution < 1.29 is 14.6 Å². The minimum atomic E-state index is -0.523. The maximum absolute atomic E-state index is 12.8. The number of carbonyl (C=O) groups excluding carboxylic acids is 1. The third-order valence-electron chi connectivity index (χ3n) is 4.64. The second-order valence-corrected chi connectivity index (χ2v) is 10.0. The molecule has 152 valence electrons. The molecule has 28 heavy (non-hydrogen) atoms. The molecule has 0 unspecified atom stereocenters. The average molecular weight is 401 g/mol. The summed E-state index contributed by atoms with van der Waals surface area (Å²) in [5.41, 5.74) is 2.02. The number of thiophene rings is 1. The quantitative estimate of drug-likeness (QED) is 0.590. The number of aromatic hydroxyl groups is 1. The van der Waals surface area contributed by atoms with Gasteiger partial charge in [-0.05, 0) is 52.0 Å². The van der Waals surface area contributed by atoms with E-state index in [-0.39, 0.29) is 16.8 Å². The minimum Gasteiger partial charge on any atom is -0.507 e. The van der Waals surface area contributed by atoms with Crippen molar-refractivity contribution in [1.29, 1.82) is 0 Å². The zero-order valence-corrected chi connectivity index (χ0v) is 18.8. The molecule has 1 aromatic heterocycles. The van der Waals surface area contributed by atoms with Gasteiger partial charge >= 0.3 is 5.97 Å². The van der Waals surface area contributed by atoms with Crippen LogP contribution in [0.5, 0.6) is 5.75 Å². The molecule has 2 aromatic rings. The first-order valence-electron chi connectivity index (χ1n) is 9.71. The Morgan fingerprint density at radius 2 is 1.71 bits per heavy atom. The molecule has 0 aliphatic heterocycles. The minimum absolute atomic E-state index is 0.253. The van der Waals surface area contributed by atoms with Gasteiger partial charge in [-0.1, -0.05) is 65.8 Å². The Hall–Kier alpha value is -2.07. The number of phenols is 1. The number of hydrogen-bond acceptors (Lipinski definition) is 4. The Labute approximate surface area is 173 Å². The van der Waals surface area contributed by atoms with Crippen molar-refractivity contribution >= 4 is 23.4 Å². The lowest BCUT2D eigenvalue weighted by atomic mass is 9.77. The van der Waals surface area contributed by atoms with Crippen LogP contribution in [0.1, 0.15) is 76.0 Å². The summed E-state index contributed by atoms with van der Waals surface area (Å²) in [6.45, 7) is 14.6. The normalized spacial score (nSPS) is 13.7. The lowest BCUT2D eigenvalue weighted by Crippen LogP contribution is -2.20. The van der Waals surface area contributed by atoms with E-state index < -0.39 is 5.92 Å². The number of carbonyl (C=O) groups is 1. The molecule has 0 bridgehead atoms. The highest BCUT2D eigenvalue weighted by Crippen LogP contribution is 2.41. The van der Waals surface area contributed by atoms with Crippen molar-refractivity contribution in [3.8, 4) is 5.75 Å². The van der Waals surface area contributed by atoms with Crippen molar-refractivity contribution in [1.82, 2.24) is 0 Å². The van der Waals surface area contributed by atoms with Gasteiger partial charge in [0.1, 0.15) is 11.7 Å². The van der Waals surface area contributed by atoms with Gasteiger partial charge in [0.25, 0.3) is 0 Å². The van der Waals surface area contributed by atoms with E-state index in [1.54, 1.807) is 11.3 Å². The van der Waals surface area contributed by atoms with Crippen LogP contribution in [0, 0.1) is 0 Å². The van der Waals surface area contributed by atoms with E-state index in [1.165, 1.54) is 0 Å². The van der Waals surface area contributed by atoms with Gasteiger partial charge in [-0.3, -0.25) is 4.79 Å². The average Bonchev–Trinajstić information content (AvgIpc) is 3.07. The molecule has 0 saturated heterocycles. The number of rotatable bonds is 5. The van der Waals surface area contributed by atoms with Crippen molar-refractivity contribution in [3.63, 3.8) is 0 Å². The maximum Gasteiger partial charge on any atom is 0.317 e. The van der Waals surface area contributed by atoms with Gasteiger partial charge < -0.3 is 9.84 Å². The second-order valence-electron chi connectivity index (χ2n) is 9.07. The van der Waals surface area contributed by atoms with Crippen LogP contribution in [0.2, 0.25) is 0 Å². The summed E-state index contributed by atoms with van der Waals surface area (Å²) >= 11 is 1.62. The number of phenolic OH excluding ortho intramolecular Hbond substituents is 1. The topological polar surface area (TPSA) is 46.5 Å². The van der Waals surface area contributed by atoms with Gasteiger partial charge in [-0.15, -0.1) is 11.3 Å². The van der Waals surface area contributed by atoms with Crippen molar-refractivity contribution in [3.05, 3.63) is 57.3 Å². The number of benzene rings is 1. The highest BCUT2D eigenvalue weighted by atomic mass is 32.1. The van der Waals surface area contributed by atoms with E-state index in [4.69, 9.17) is 4.74 Å². The van der Waals surface area contributed by atoms with E-state index in [0.29, 0.717) is 12.4 Å². The maximum atomic E-state index is 12.8. The summed E-state index contributed by atoms with van der Waals surface area (Å²) < 4.78 is 5.36. The van der Waals surface area contributed by atoms with Crippen LogP contribution in [0.3, 0.4) is 0 Å². The molecule has 0 amide bonds. The zero-order chi connectivity index (χ0) is 21.1. The molecule has 1 atom stereocenters. The first-order chi connectivity index (χ1) is 12.9. The molecule has 0 aliphatic rings. The monoisotopic (exact) mass is 400 g/mol. The summed E-state index contributed by atoms with van der Waals surface area (Å²) in [6.07, 6.45) is 3.86. The van der Waals surface area contributed by atoms with Gasteiger partial charge in [0, 0.05) is 4.88 Å². The summed E-state index contributed by atoms with van der Waals surface area (Å²) in [6, 6.07) is 7.90. The van der Waals surface area contributed by atoms with Crippen LogP contribution >= 0.6 is 11.3 Å². The fourth-order valence-corrected chi connectivity index (χ4v) is 3.74. The predicted octanol–water partition coefficient (Wildman–Crippen LogP) is 6.41. The molecule has 4 heteroatoms. The SMILES string of the molecule is CCOC(=O)[C@@H](/C=C/c1cccs1)c1cc(C(C)(C)C)c(O)c(C(C)(C)C)c1. The Balaban J connectivity index is 2.65. The van der Waals surface area contributed by atoms with Gasteiger partial charge in [-0.2, -0.15) is 0 Å². The molecule has 0 radical (unpaired) electrons. The van der Waals surface area contributed by atoms with Crippen LogP contribution in [0.15, 0.2) is 35.7 Å². The molecule has 0 spiro atoms. The van der Waals surface area contributed by atoms with E-state index in [0.717, 1.165) is 21.6 Å². The van der Waals surface area contributed by atoms with Crippen LogP contribution in [-0.2, 0) is 20.4 Å². The van der Waals surface area contributed by atoms with Gasteiger partial charge in [-0.25, -0.2) is 0 Å². The van der Waals surface area contributed by atoms with Crippen LogP contribution < -0.4 is 0 Å². The fourth-order valence-electron chi connectivity index (χ4n) is 3.11. The Morgan fingerprint density at radius 1 is 1.14 bits per heavy atom. The summed E-state index contributed by atoms with van der Waals surface area (Å²) in [5, 5.41) is 13.0. The first kappa shape index (κ1) is 22.2. The van der Waals surface area contributed by atoms with E-state index in [1.807, 2.05) is 48.7 Å². The third-order valence-corrected chi connectivity index (χ3v) is 5.48. The van der Waals surface area contributed by atoms with E-state index >= 15 is 0 Å². The number of ether oxygens (including phenoxy) is 1. The second kappa shape index (κ2) is 8.52. The fraction of sp³-hybridized carbons (Fsp3) is 0.458. The molecule has 1 heterocycles. The molecular weight excluding hydrogens is 368 g/mol. The zero-order valence-electron chi connectivity index (χ0n) is 18.0. The van der Waals surface area contributed by atoms with Gasteiger partial charge in [0.2, 0.25) is 0 Å². The van der Waals surface area contributed by atoms with Crippen molar-refractivity contribution in [2.24, 2.45) is 0 Å². The third kappa shape index (κ3) is 5.26. The molecule has 1 N–H and O–H groups in total. The summed E-state index contributed by atoms with van der Waals surface area (Å²) in [4.78, 5) is 13.9. The van der Waals surface area contributed by atoms with Crippen LogP contribution in [-0.4, -0.2) is 17.7 Å². The Bertz CT molecular complexity index is 799. The summed E-state index contributed by atoms with van der Waals surface area (Å²) in [5.74, 6) is -0.487. The lowest BCUT2D eigenvalue weighted by molar-refractivity contribution is -0.143. The van der Waals surface area contributed by atoms with Gasteiger partial charge in [0.05, 0.1) is 6.61 Å². The van der Waals surface area contributed by atoms with Crippen molar-refractivity contribution in [2.75, 3.05) is 6.61 Å². The number of hydrogen-bond donors (Lipinski definition) is 1. The van der Waals surface area contributed by atoms with Crippen LogP contribution in [0.25, 0.3) is 6.08 Å². The van der Waals surface area contributed by atoms with Crippen molar-refractivity contribution in [2.45, 2.75) is 65.2 Å². The highest BCUT2D eigenvalue weighted by Gasteiger charge is 2.29. The first-order valence-corrected chi connectivity index (χ1v) is 10.6. The molecule has 1 aromatic carbocycles. The van der Waals surface area contributed by atoms with Gasteiger partial charge in [0.15, 0.2) is 0 Å². The smallest absolute Gasteiger partial charge is 0.317 e. The largest absolute Gasteiger partial charge is 0.507 e. The molecular formula is C24H32O3S. The Morgan fingerprint density at radius 3 is 2.14 bits per heavy atom. The molecule has 2 rings (SSSR count). The highest BCUT2D eigenvalue weighted by molar-refractivity contribution is 7.10. The van der Waals surface area contributed by atoms with E-state index in [9.17, 15) is 9.90 Å². The molecule has 3 nitrogen and oxygen atoms in total. The molecule has 0 fully saturated rings. The molecule has 0 saturated carbocycles. The van der Waals surface area contributed by atoms with E-state index in [2.05, 4.69) is 41.5 Å². The summed E-state index contributed by atoms with van der Waals surface area (Å²) in [7, 11) is 0. The molecule has 0 aliphatic carbocycles.